The third kappa shape index (κ3) is 1.97. The van der Waals surface area contributed by atoms with Gasteiger partial charge >= 0.3 is 0 Å². The van der Waals surface area contributed by atoms with Crippen LogP contribution in [-0.4, -0.2) is 9.78 Å². The first-order valence-corrected chi connectivity index (χ1v) is 5.68. The van der Waals surface area contributed by atoms with Crippen LogP contribution in [0.15, 0.2) is 24.9 Å². The van der Waals surface area contributed by atoms with Gasteiger partial charge in [-0.1, -0.05) is 25.3 Å². The molecule has 0 aliphatic heterocycles. The molecule has 1 fully saturated rings. The summed E-state index contributed by atoms with van der Waals surface area (Å²) in [5, 5.41) is 4.29. The lowest BCUT2D eigenvalue weighted by molar-refractivity contribution is 0.283. The molecule has 15 heavy (non-hydrogen) atoms. The van der Waals surface area contributed by atoms with Gasteiger partial charge in [-0.2, -0.15) is 5.10 Å². The molecule has 2 N–H and O–H groups in total. The molecule has 0 spiro atoms. The summed E-state index contributed by atoms with van der Waals surface area (Å²) < 4.78 is 1.97. The number of rotatable bonds is 3. The molecule has 1 aromatic heterocycles. The van der Waals surface area contributed by atoms with E-state index in [1.54, 1.807) is 0 Å². The SMILES string of the molecule is C=CCn1nccc1C1(N)CCCCC1. The van der Waals surface area contributed by atoms with Gasteiger partial charge in [-0.15, -0.1) is 6.58 Å². The molecule has 0 aromatic carbocycles. The van der Waals surface area contributed by atoms with Gasteiger partial charge in [0.1, 0.15) is 0 Å². The van der Waals surface area contributed by atoms with Gasteiger partial charge in [-0.25, -0.2) is 0 Å². The van der Waals surface area contributed by atoms with Gasteiger partial charge in [-0.05, 0) is 18.9 Å². The van der Waals surface area contributed by atoms with Gasteiger partial charge in [0.2, 0.25) is 0 Å². The highest BCUT2D eigenvalue weighted by molar-refractivity contribution is 5.15. The number of hydrogen-bond acceptors (Lipinski definition) is 2. The molecule has 1 saturated carbocycles. The van der Waals surface area contributed by atoms with E-state index in [2.05, 4.69) is 17.7 Å². The first-order valence-electron chi connectivity index (χ1n) is 5.68. The lowest BCUT2D eigenvalue weighted by Gasteiger charge is -2.33. The van der Waals surface area contributed by atoms with E-state index in [4.69, 9.17) is 5.73 Å². The number of hydrogen-bond donors (Lipinski definition) is 1. The van der Waals surface area contributed by atoms with Gasteiger partial charge in [-0.3, -0.25) is 4.68 Å². The monoisotopic (exact) mass is 205 g/mol. The Labute approximate surface area is 91.0 Å². The molecular formula is C12H19N3. The van der Waals surface area contributed by atoms with Crippen molar-refractivity contribution in [3.8, 4) is 0 Å². The van der Waals surface area contributed by atoms with Crippen molar-refractivity contribution in [2.45, 2.75) is 44.2 Å². The topological polar surface area (TPSA) is 43.8 Å². The Morgan fingerprint density at radius 3 is 2.87 bits per heavy atom. The lowest BCUT2D eigenvalue weighted by Crippen LogP contribution is -2.40. The second-order valence-corrected chi connectivity index (χ2v) is 4.40. The predicted octanol–water partition coefficient (Wildman–Crippen LogP) is 2.19. The Morgan fingerprint density at radius 1 is 1.47 bits per heavy atom. The molecule has 0 bridgehead atoms. The van der Waals surface area contributed by atoms with Crippen molar-refractivity contribution in [2.24, 2.45) is 5.73 Å². The summed E-state index contributed by atoms with van der Waals surface area (Å²) >= 11 is 0. The van der Waals surface area contributed by atoms with E-state index >= 15 is 0 Å². The minimum absolute atomic E-state index is 0.155. The highest BCUT2D eigenvalue weighted by Crippen LogP contribution is 2.34. The minimum atomic E-state index is -0.155. The zero-order chi connectivity index (χ0) is 10.7. The van der Waals surface area contributed by atoms with E-state index in [-0.39, 0.29) is 5.54 Å². The molecule has 1 heterocycles. The third-order valence-corrected chi connectivity index (χ3v) is 3.27. The summed E-state index contributed by atoms with van der Waals surface area (Å²) in [6.45, 7) is 4.49. The Morgan fingerprint density at radius 2 is 2.20 bits per heavy atom. The largest absolute Gasteiger partial charge is 0.320 e. The maximum Gasteiger partial charge on any atom is 0.0591 e. The van der Waals surface area contributed by atoms with Crippen molar-refractivity contribution < 1.29 is 0 Å². The van der Waals surface area contributed by atoms with Gasteiger partial charge < -0.3 is 5.73 Å². The number of nitrogens with zero attached hydrogens (tertiary/aromatic N) is 2. The number of nitrogens with two attached hydrogens (primary N) is 1. The molecule has 0 unspecified atom stereocenters. The second-order valence-electron chi connectivity index (χ2n) is 4.40. The van der Waals surface area contributed by atoms with Crippen molar-refractivity contribution in [3.05, 3.63) is 30.6 Å². The zero-order valence-corrected chi connectivity index (χ0v) is 9.15. The number of allylic oxidation sites excluding steroid dienone is 1. The highest BCUT2D eigenvalue weighted by atomic mass is 15.3. The molecule has 1 aliphatic rings. The Balaban J connectivity index is 2.26. The van der Waals surface area contributed by atoms with E-state index in [1.165, 1.54) is 25.0 Å². The molecule has 0 saturated heterocycles. The van der Waals surface area contributed by atoms with Crippen LogP contribution in [0.5, 0.6) is 0 Å². The second kappa shape index (κ2) is 4.19. The summed E-state index contributed by atoms with van der Waals surface area (Å²) in [6, 6.07) is 2.05. The number of aromatic nitrogens is 2. The van der Waals surface area contributed by atoms with Gasteiger partial charge in [0, 0.05) is 6.20 Å². The minimum Gasteiger partial charge on any atom is -0.320 e. The average molecular weight is 205 g/mol. The fraction of sp³-hybridized carbons (Fsp3) is 0.583. The van der Waals surface area contributed by atoms with E-state index in [0.29, 0.717) is 0 Å². The van der Waals surface area contributed by atoms with Crippen LogP contribution in [0, 0.1) is 0 Å². The fourth-order valence-corrected chi connectivity index (χ4v) is 2.46. The Bertz CT molecular complexity index is 334. The Hall–Kier alpha value is -1.09. The maximum atomic E-state index is 6.46. The third-order valence-electron chi connectivity index (χ3n) is 3.27. The summed E-state index contributed by atoms with van der Waals surface area (Å²) in [4.78, 5) is 0. The molecule has 3 heteroatoms. The quantitative estimate of drug-likeness (QED) is 0.769. The Kier molecular flexibility index (Phi) is 2.91. The van der Waals surface area contributed by atoms with Gasteiger partial charge in [0.15, 0.2) is 0 Å². The summed E-state index contributed by atoms with van der Waals surface area (Å²) in [6.07, 6.45) is 9.64. The molecule has 0 amide bonds. The molecule has 2 rings (SSSR count). The average Bonchev–Trinajstić information content (AvgIpc) is 2.68. The van der Waals surface area contributed by atoms with Crippen LogP contribution in [0.1, 0.15) is 37.8 Å². The fourth-order valence-electron chi connectivity index (χ4n) is 2.46. The van der Waals surface area contributed by atoms with Crippen molar-refractivity contribution in [1.29, 1.82) is 0 Å². The van der Waals surface area contributed by atoms with Crippen LogP contribution in [0.2, 0.25) is 0 Å². The van der Waals surface area contributed by atoms with Crippen LogP contribution in [0.25, 0.3) is 0 Å². The van der Waals surface area contributed by atoms with E-state index in [9.17, 15) is 0 Å². The first-order chi connectivity index (χ1) is 7.26. The van der Waals surface area contributed by atoms with Gasteiger partial charge in [0.25, 0.3) is 0 Å². The normalized spacial score (nSPS) is 20.1. The molecule has 3 nitrogen and oxygen atoms in total. The molecule has 82 valence electrons. The van der Waals surface area contributed by atoms with Crippen LogP contribution in [-0.2, 0) is 12.1 Å². The van der Waals surface area contributed by atoms with E-state index < -0.39 is 0 Å². The maximum absolute atomic E-state index is 6.46. The predicted molar refractivity (Wildman–Crippen MR) is 61.4 cm³/mol. The molecule has 0 atom stereocenters. The smallest absolute Gasteiger partial charge is 0.0591 e. The van der Waals surface area contributed by atoms with Crippen LogP contribution < -0.4 is 5.73 Å². The molecule has 1 aliphatic carbocycles. The van der Waals surface area contributed by atoms with E-state index in [0.717, 1.165) is 19.4 Å². The zero-order valence-electron chi connectivity index (χ0n) is 9.15. The summed E-state index contributed by atoms with van der Waals surface area (Å²) in [5.41, 5.74) is 7.47. The molecule has 0 radical (unpaired) electrons. The van der Waals surface area contributed by atoms with Crippen LogP contribution >= 0.6 is 0 Å². The van der Waals surface area contributed by atoms with Crippen molar-refractivity contribution in [1.82, 2.24) is 9.78 Å². The van der Waals surface area contributed by atoms with Crippen molar-refractivity contribution in [3.63, 3.8) is 0 Å². The van der Waals surface area contributed by atoms with Crippen LogP contribution in [0.3, 0.4) is 0 Å². The highest BCUT2D eigenvalue weighted by Gasteiger charge is 2.32. The van der Waals surface area contributed by atoms with E-state index in [1.807, 2.05) is 17.0 Å². The summed E-state index contributed by atoms with van der Waals surface area (Å²) in [5.74, 6) is 0. The standard InChI is InChI=1S/C12H19N3/c1-2-10-15-11(6-9-14-15)12(13)7-4-3-5-8-12/h2,6,9H,1,3-5,7-8,10,13H2. The molecular weight excluding hydrogens is 186 g/mol. The lowest BCUT2D eigenvalue weighted by atomic mass is 9.80. The van der Waals surface area contributed by atoms with Crippen molar-refractivity contribution in [2.75, 3.05) is 0 Å². The first kappa shape index (κ1) is 10.4. The molecule has 1 aromatic rings. The van der Waals surface area contributed by atoms with Gasteiger partial charge in [0.05, 0.1) is 17.8 Å². The van der Waals surface area contributed by atoms with Crippen LogP contribution in [0.4, 0.5) is 0 Å². The summed E-state index contributed by atoms with van der Waals surface area (Å²) in [7, 11) is 0. The van der Waals surface area contributed by atoms with Crippen molar-refractivity contribution >= 4 is 0 Å².